The molecule has 0 unspecified atom stereocenters. The summed E-state index contributed by atoms with van der Waals surface area (Å²) in [5.74, 6) is 4.86. The number of anilines is 1. The number of allylic oxidation sites excluding steroid dienone is 2. The zero-order valence-electron chi connectivity index (χ0n) is 22.8. The lowest BCUT2D eigenvalue weighted by atomic mass is 9.77. The zero-order valence-corrected chi connectivity index (χ0v) is 22.8. The van der Waals surface area contributed by atoms with Crippen molar-refractivity contribution in [1.29, 1.82) is 0 Å². The van der Waals surface area contributed by atoms with Gasteiger partial charge in [0, 0.05) is 42.6 Å². The Morgan fingerprint density at radius 1 is 1.34 bits per heavy atom. The number of carbonyl (C=O) groups is 1. The molecule has 1 amide bonds. The van der Waals surface area contributed by atoms with Crippen molar-refractivity contribution >= 4 is 11.6 Å². The van der Waals surface area contributed by atoms with E-state index in [2.05, 4.69) is 54.4 Å². The molecular formula is C32H39N3O3. The molecule has 1 aromatic heterocycles. The second kappa shape index (κ2) is 12.3. The molecule has 6 heteroatoms. The van der Waals surface area contributed by atoms with Gasteiger partial charge < -0.3 is 14.4 Å². The highest BCUT2D eigenvalue weighted by Crippen LogP contribution is 2.45. The number of hydrogen-bond acceptors (Lipinski definition) is 5. The highest BCUT2D eigenvalue weighted by Gasteiger charge is 2.44. The number of carbonyl (C=O) groups excluding carboxylic acids is 1. The summed E-state index contributed by atoms with van der Waals surface area (Å²) >= 11 is 0. The van der Waals surface area contributed by atoms with Gasteiger partial charge >= 0.3 is 0 Å². The Hall–Kier alpha value is -3.56. The molecule has 2 aliphatic rings. The molecule has 6 nitrogen and oxygen atoms in total. The van der Waals surface area contributed by atoms with Crippen molar-refractivity contribution in [2.24, 2.45) is 11.3 Å². The van der Waals surface area contributed by atoms with Crippen molar-refractivity contribution in [2.45, 2.75) is 52.0 Å². The van der Waals surface area contributed by atoms with Crippen LogP contribution in [-0.2, 0) is 4.79 Å². The van der Waals surface area contributed by atoms with Crippen molar-refractivity contribution in [3.05, 3.63) is 73.1 Å². The number of amides is 1. The van der Waals surface area contributed by atoms with E-state index in [0.717, 1.165) is 48.6 Å². The number of ether oxygens (including phenoxy) is 2. The fourth-order valence-corrected chi connectivity index (χ4v) is 5.72. The highest BCUT2D eigenvalue weighted by molar-refractivity contribution is 5.94. The molecule has 3 heterocycles. The Labute approximate surface area is 227 Å². The maximum Gasteiger partial charge on any atom is 0.241 e. The Morgan fingerprint density at radius 2 is 2.16 bits per heavy atom. The summed E-state index contributed by atoms with van der Waals surface area (Å²) in [6, 6.07) is 10.0. The average Bonchev–Trinajstić information content (AvgIpc) is 3.53. The van der Waals surface area contributed by atoms with Crippen LogP contribution >= 0.6 is 0 Å². The van der Waals surface area contributed by atoms with E-state index in [-0.39, 0.29) is 30.6 Å². The summed E-state index contributed by atoms with van der Waals surface area (Å²) in [6.07, 6.45) is 18.3. The van der Waals surface area contributed by atoms with Gasteiger partial charge in [-0.05, 0) is 56.5 Å². The van der Waals surface area contributed by atoms with E-state index in [1.807, 2.05) is 42.2 Å². The number of fused-ring (bicyclic) bond motifs is 1. The van der Waals surface area contributed by atoms with E-state index < -0.39 is 5.41 Å². The minimum Gasteiger partial charge on any atom is -0.454 e. The van der Waals surface area contributed by atoms with Gasteiger partial charge in [0.05, 0.1) is 18.4 Å². The van der Waals surface area contributed by atoms with Crippen LogP contribution < -0.4 is 14.4 Å². The summed E-state index contributed by atoms with van der Waals surface area (Å²) in [7, 11) is 0. The van der Waals surface area contributed by atoms with E-state index in [0.29, 0.717) is 13.1 Å². The molecule has 0 saturated carbocycles. The number of benzene rings is 1. The average molecular weight is 514 g/mol. The standard InChI is InChI=1S/C32H39N3O3/c1-6-10-17-35(25-12-11-16-33-20-25)31(36)22-34-21-27(24-13-14-29-30(18-24)38-23-37-29)26(8-3)28(34)19-32(5,9-4)15-7-2/h4,7-8,11-16,18,20,26-28H,3,6,10,17,19,21-23H2,1-2,5H3/b15-7+/t26-,27-,28+,32+/m1/s1. The second-order valence-electron chi connectivity index (χ2n) is 10.4. The largest absolute Gasteiger partial charge is 0.454 e. The molecule has 2 aliphatic heterocycles. The van der Waals surface area contributed by atoms with Crippen molar-refractivity contribution in [3.63, 3.8) is 0 Å². The first-order valence-electron chi connectivity index (χ1n) is 13.5. The van der Waals surface area contributed by atoms with E-state index in [4.69, 9.17) is 15.9 Å². The minimum absolute atomic E-state index is 0.0473. The number of pyridine rings is 1. The molecule has 2 aromatic rings. The van der Waals surface area contributed by atoms with E-state index in [1.165, 1.54) is 0 Å². The Kier molecular flexibility index (Phi) is 8.91. The predicted octanol–water partition coefficient (Wildman–Crippen LogP) is 5.82. The van der Waals surface area contributed by atoms with Gasteiger partial charge in [-0.2, -0.15) is 0 Å². The van der Waals surface area contributed by atoms with Crippen LogP contribution in [0, 0.1) is 23.7 Å². The molecule has 1 saturated heterocycles. The molecule has 0 bridgehead atoms. The summed E-state index contributed by atoms with van der Waals surface area (Å²) < 4.78 is 11.2. The van der Waals surface area contributed by atoms with Crippen LogP contribution in [0.4, 0.5) is 5.69 Å². The number of likely N-dealkylation sites (tertiary alicyclic amines) is 1. The summed E-state index contributed by atoms with van der Waals surface area (Å²) in [5.41, 5.74) is 1.55. The number of hydrogen-bond donors (Lipinski definition) is 0. The lowest BCUT2D eigenvalue weighted by Crippen LogP contribution is -2.45. The normalized spacial score (nSPS) is 22.2. The SMILES string of the molecule is C#C[C@@](C)(/C=C/C)C[C@H]1[C@H](C=C)[C@@H](c2ccc3c(c2)OCO3)CN1CC(=O)N(CCCC)c1cccnc1. The molecule has 4 atom stereocenters. The highest BCUT2D eigenvalue weighted by atomic mass is 16.7. The third-order valence-electron chi connectivity index (χ3n) is 7.74. The van der Waals surface area contributed by atoms with Crippen LogP contribution in [0.2, 0.25) is 0 Å². The molecule has 38 heavy (non-hydrogen) atoms. The Morgan fingerprint density at radius 3 is 2.84 bits per heavy atom. The molecule has 4 rings (SSSR count). The van der Waals surface area contributed by atoms with Gasteiger partial charge in [0.25, 0.3) is 0 Å². The van der Waals surface area contributed by atoms with Crippen molar-refractivity contribution in [3.8, 4) is 23.8 Å². The summed E-state index contributed by atoms with van der Waals surface area (Å²) in [4.78, 5) is 22.3. The van der Waals surface area contributed by atoms with Crippen LogP contribution in [0.3, 0.4) is 0 Å². The molecular weight excluding hydrogens is 474 g/mol. The van der Waals surface area contributed by atoms with E-state index in [9.17, 15) is 4.79 Å². The van der Waals surface area contributed by atoms with Gasteiger partial charge in [0.2, 0.25) is 12.7 Å². The fraction of sp³-hybridized carbons (Fsp3) is 0.438. The topological polar surface area (TPSA) is 54.9 Å². The fourth-order valence-electron chi connectivity index (χ4n) is 5.72. The molecule has 200 valence electrons. The van der Waals surface area contributed by atoms with Gasteiger partial charge in [-0.15, -0.1) is 13.0 Å². The van der Waals surface area contributed by atoms with Crippen molar-refractivity contribution in [1.82, 2.24) is 9.88 Å². The minimum atomic E-state index is -0.434. The van der Waals surface area contributed by atoms with Gasteiger partial charge in [-0.25, -0.2) is 0 Å². The number of terminal acetylenes is 1. The first-order valence-corrected chi connectivity index (χ1v) is 13.5. The molecule has 1 fully saturated rings. The second-order valence-corrected chi connectivity index (χ2v) is 10.4. The lowest BCUT2D eigenvalue weighted by molar-refractivity contribution is -0.120. The van der Waals surface area contributed by atoms with Crippen LogP contribution in [0.25, 0.3) is 0 Å². The number of aromatic nitrogens is 1. The Bertz CT molecular complexity index is 1190. The lowest BCUT2D eigenvalue weighted by Gasteiger charge is -2.34. The summed E-state index contributed by atoms with van der Waals surface area (Å²) in [5, 5.41) is 0. The first kappa shape index (κ1) is 27.5. The maximum absolute atomic E-state index is 13.8. The number of nitrogens with zero attached hydrogens (tertiary/aromatic N) is 3. The monoisotopic (exact) mass is 513 g/mol. The van der Waals surface area contributed by atoms with Crippen LogP contribution in [0.15, 0.2) is 67.5 Å². The van der Waals surface area contributed by atoms with Crippen molar-refractivity contribution in [2.75, 3.05) is 31.3 Å². The molecule has 0 spiro atoms. The van der Waals surface area contributed by atoms with Gasteiger partial charge in [-0.3, -0.25) is 14.7 Å². The van der Waals surface area contributed by atoms with Crippen LogP contribution in [0.1, 0.15) is 51.5 Å². The van der Waals surface area contributed by atoms with E-state index in [1.54, 1.807) is 12.4 Å². The zero-order chi connectivity index (χ0) is 27.1. The number of unbranched alkanes of at least 4 members (excludes halogenated alkanes) is 1. The molecule has 0 N–H and O–H groups in total. The molecule has 1 aromatic carbocycles. The van der Waals surface area contributed by atoms with Crippen molar-refractivity contribution < 1.29 is 14.3 Å². The first-order chi connectivity index (χ1) is 18.4. The van der Waals surface area contributed by atoms with Gasteiger partial charge in [0.15, 0.2) is 11.5 Å². The smallest absolute Gasteiger partial charge is 0.241 e. The third kappa shape index (κ3) is 5.95. The predicted molar refractivity (Wildman–Crippen MR) is 152 cm³/mol. The van der Waals surface area contributed by atoms with E-state index >= 15 is 0 Å². The number of rotatable bonds is 11. The summed E-state index contributed by atoms with van der Waals surface area (Å²) in [6.45, 7) is 12.4. The van der Waals surface area contributed by atoms with Crippen LogP contribution in [0.5, 0.6) is 11.5 Å². The Balaban J connectivity index is 1.66. The molecule has 0 radical (unpaired) electrons. The van der Waals surface area contributed by atoms with Gasteiger partial charge in [0.1, 0.15) is 0 Å². The quantitative estimate of drug-likeness (QED) is 0.280. The molecule has 0 aliphatic carbocycles. The van der Waals surface area contributed by atoms with Crippen LogP contribution in [-0.4, -0.2) is 48.3 Å². The maximum atomic E-state index is 13.8. The third-order valence-corrected chi connectivity index (χ3v) is 7.74. The van der Waals surface area contributed by atoms with Gasteiger partial charge in [-0.1, -0.05) is 43.6 Å².